The van der Waals surface area contributed by atoms with Crippen molar-refractivity contribution in [3.63, 3.8) is 0 Å². The van der Waals surface area contributed by atoms with E-state index in [2.05, 4.69) is 10.3 Å². The second kappa shape index (κ2) is 9.70. The maximum atomic E-state index is 13.7. The van der Waals surface area contributed by atoms with Crippen LogP contribution in [0.3, 0.4) is 0 Å². The van der Waals surface area contributed by atoms with Crippen LogP contribution in [0.25, 0.3) is 0 Å². The number of amides is 1. The highest BCUT2D eigenvalue weighted by atomic mass is 32.1. The number of morpholine rings is 1. The first-order valence-electron chi connectivity index (χ1n) is 10.2. The van der Waals surface area contributed by atoms with Gasteiger partial charge >= 0.3 is 6.18 Å². The van der Waals surface area contributed by atoms with Gasteiger partial charge in [-0.2, -0.15) is 13.2 Å². The Morgan fingerprint density at radius 2 is 1.88 bits per heavy atom. The highest BCUT2D eigenvalue weighted by Crippen LogP contribution is 2.37. The molecule has 3 aromatic rings. The number of halogens is 3. The molecular weight excluding hydrogens is 439 g/mol. The summed E-state index contributed by atoms with van der Waals surface area (Å²) in [5.41, 5.74) is 0.991. The topological polar surface area (TPSA) is 54.5 Å². The van der Waals surface area contributed by atoms with Crippen molar-refractivity contribution in [3.05, 3.63) is 75.7 Å². The molecule has 32 heavy (non-hydrogen) atoms. The van der Waals surface area contributed by atoms with Crippen LogP contribution in [0.1, 0.15) is 21.8 Å². The second-order valence-electron chi connectivity index (χ2n) is 7.45. The van der Waals surface area contributed by atoms with Crippen molar-refractivity contribution >= 4 is 28.6 Å². The largest absolute Gasteiger partial charge is 0.418 e. The smallest absolute Gasteiger partial charge is 0.378 e. The fourth-order valence-electron chi connectivity index (χ4n) is 3.53. The monoisotopic (exact) mass is 461 g/mol. The van der Waals surface area contributed by atoms with Gasteiger partial charge in [-0.15, -0.1) is 11.3 Å². The van der Waals surface area contributed by atoms with Gasteiger partial charge in [0.2, 0.25) is 5.91 Å². The number of rotatable bonds is 6. The van der Waals surface area contributed by atoms with Crippen molar-refractivity contribution in [2.75, 3.05) is 36.5 Å². The summed E-state index contributed by atoms with van der Waals surface area (Å²) in [5.74, 6) is -0.536. The number of ether oxygens (including phenoxy) is 1. The zero-order chi connectivity index (χ0) is 22.6. The third-order valence-corrected chi connectivity index (χ3v) is 6.00. The third kappa shape index (κ3) is 5.66. The molecule has 9 heteroatoms. The zero-order valence-corrected chi connectivity index (χ0v) is 18.0. The Morgan fingerprint density at radius 1 is 1.12 bits per heavy atom. The van der Waals surface area contributed by atoms with E-state index < -0.39 is 17.6 Å². The Bertz CT molecular complexity index is 1060. The molecule has 0 unspecified atom stereocenters. The molecule has 0 aliphatic carbocycles. The molecule has 4 rings (SSSR count). The van der Waals surface area contributed by atoms with E-state index in [0.29, 0.717) is 44.1 Å². The van der Waals surface area contributed by atoms with Crippen molar-refractivity contribution in [2.24, 2.45) is 0 Å². The van der Waals surface area contributed by atoms with Crippen molar-refractivity contribution in [1.29, 1.82) is 0 Å². The number of benzene rings is 2. The summed E-state index contributed by atoms with van der Waals surface area (Å²) in [5, 5.41) is 5.04. The molecule has 2 heterocycles. The van der Waals surface area contributed by atoms with Gasteiger partial charge in [-0.05, 0) is 23.8 Å². The molecular formula is C23H22F3N3O2S. The zero-order valence-electron chi connectivity index (χ0n) is 17.2. The van der Waals surface area contributed by atoms with Gasteiger partial charge in [0.05, 0.1) is 41.6 Å². The molecule has 1 aromatic heterocycles. The number of nitrogens with one attached hydrogen (secondary N) is 1. The third-order valence-electron chi connectivity index (χ3n) is 5.10. The van der Waals surface area contributed by atoms with E-state index in [1.165, 1.54) is 17.4 Å². The number of hydrogen-bond acceptors (Lipinski definition) is 5. The highest BCUT2D eigenvalue weighted by Gasteiger charge is 2.35. The number of carbonyl (C=O) groups is 1. The molecule has 0 saturated carbocycles. The number of alkyl halides is 3. The molecule has 1 aliphatic rings. The van der Waals surface area contributed by atoms with E-state index >= 15 is 0 Å². The average Bonchev–Trinajstić information content (AvgIpc) is 3.21. The van der Waals surface area contributed by atoms with E-state index in [-0.39, 0.29) is 12.1 Å². The molecule has 0 bridgehead atoms. The number of carbonyl (C=O) groups excluding carboxylic acids is 1. The SMILES string of the molecule is O=C(Cc1csc(Cc2ccccc2)n1)Nc1ccc(N2CCOCC2)cc1C(F)(F)F. The first-order valence-corrected chi connectivity index (χ1v) is 11.1. The Kier molecular flexibility index (Phi) is 6.76. The van der Waals surface area contributed by atoms with Gasteiger partial charge in [0.15, 0.2) is 0 Å². The summed E-state index contributed by atoms with van der Waals surface area (Å²) >= 11 is 1.43. The summed E-state index contributed by atoms with van der Waals surface area (Å²) in [4.78, 5) is 18.8. The van der Waals surface area contributed by atoms with Gasteiger partial charge in [0.25, 0.3) is 0 Å². The predicted molar refractivity (Wildman–Crippen MR) is 118 cm³/mol. The standard InChI is InChI=1S/C23H22F3N3O2S/c24-23(25,26)19-14-18(29-8-10-31-11-9-29)6-7-20(19)28-21(30)13-17-15-32-22(27-17)12-16-4-2-1-3-5-16/h1-7,14-15H,8-13H2,(H,28,30). The Hall–Kier alpha value is -2.91. The van der Waals surface area contributed by atoms with Crippen molar-refractivity contribution in [2.45, 2.75) is 19.0 Å². The average molecular weight is 462 g/mol. The maximum absolute atomic E-state index is 13.7. The van der Waals surface area contributed by atoms with Crippen LogP contribution in [0, 0.1) is 0 Å². The fourth-order valence-corrected chi connectivity index (χ4v) is 4.36. The molecule has 1 saturated heterocycles. The van der Waals surface area contributed by atoms with Gasteiger partial charge < -0.3 is 15.0 Å². The molecule has 168 valence electrons. The number of anilines is 2. The summed E-state index contributed by atoms with van der Waals surface area (Å²) < 4.78 is 46.3. The molecule has 1 amide bonds. The highest BCUT2D eigenvalue weighted by molar-refractivity contribution is 7.09. The molecule has 5 nitrogen and oxygen atoms in total. The van der Waals surface area contributed by atoms with Gasteiger partial charge in [0.1, 0.15) is 0 Å². The Morgan fingerprint density at radius 3 is 2.59 bits per heavy atom. The molecule has 0 atom stereocenters. The van der Waals surface area contributed by atoms with Crippen molar-refractivity contribution in [1.82, 2.24) is 4.98 Å². The Labute approximate surface area is 187 Å². The van der Waals surface area contributed by atoms with Gasteiger partial charge in [-0.3, -0.25) is 4.79 Å². The van der Waals surface area contributed by atoms with Crippen LogP contribution in [-0.2, 0) is 28.5 Å². The minimum atomic E-state index is -4.59. The molecule has 0 radical (unpaired) electrons. The van der Waals surface area contributed by atoms with Crippen molar-refractivity contribution < 1.29 is 22.7 Å². The van der Waals surface area contributed by atoms with Crippen LogP contribution in [0.15, 0.2) is 53.9 Å². The molecule has 1 N–H and O–H groups in total. The normalized spacial score (nSPS) is 14.4. The van der Waals surface area contributed by atoms with E-state index in [0.717, 1.165) is 16.6 Å². The van der Waals surface area contributed by atoms with Crippen LogP contribution in [0.4, 0.5) is 24.5 Å². The second-order valence-corrected chi connectivity index (χ2v) is 8.39. The number of nitrogens with zero attached hydrogens (tertiary/aromatic N) is 2. The first-order chi connectivity index (χ1) is 15.4. The number of aromatic nitrogens is 1. The summed E-state index contributed by atoms with van der Waals surface area (Å²) in [6.45, 7) is 2.00. The van der Waals surface area contributed by atoms with Crippen molar-refractivity contribution in [3.8, 4) is 0 Å². The fraction of sp³-hybridized carbons (Fsp3) is 0.304. The minimum absolute atomic E-state index is 0.0895. The van der Waals surface area contributed by atoms with Crippen LogP contribution >= 0.6 is 11.3 Å². The van der Waals surface area contributed by atoms with E-state index in [9.17, 15) is 18.0 Å². The van der Waals surface area contributed by atoms with E-state index in [1.54, 1.807) is 11.4 Å². The van der Waals surface area contributed by atoms with Crippen LogP contribution in [-0.4, -0.2) is 37.2 Å². The Balaban J connectivity index is 1.44. The molecule has 0 spiro atoms. The van der Waals surface area contributed by atoms with E-state index in [4.69, 9.17) is 4.74 Å². The number of thiazole rings is 1. The van der Waals surface area contributed by atoms with Crippen LogP contribution < -0.4 is 10.2 Å². The lowest BCUT2D eigenvalue weighted by Gasteiger charge is -2.29. The van der Waals surface area contributed by atoms with Crippen LogP contribution in [0.5, 0.6) is 0 Å². The summed E-state index contributed by atoms with van der Waals surface area (Å²) in [7, 11) is 0. The number of hydrogen-bond donors (Lipinski definition) is 1. The predicted octanol–water partition coefficient (Wildman–Crippen LogP) is 4.77. The van der Waals surface area contributed by atoms with Crippen LogP contribution in [0.2, 0.25) is 0 Å². The first kappa shape index (κ1) is 22.3. The molecule has 1 fully saturated rings. The lowest BCUT2D eigenvalue weighted by Crippen LogP contribution is -2.36. The lowest BCUT2D eigenvalue weighted by molar-refractivity contribution is -0.136. The van der Waals surface area contributed by atoms with E-state index in [1.807, 2.05) is 35.2 Å². The summed E-state index contributed by atoms with van der Waals surface area (Å²) in [6, 6.07) is 13.8. The lowest BCUT2D eigenvalue weighted by atomic mass is 10.1. The molecule has 1 aliphatic heterocycles. The van der Waals surface area contributed by atoms with Gasteiger partial charge in [0, 0.05) is 30.6 Å². The molecule has 2 aromatic carbocycles. The quantitative estimate of drug-likeness (QED) is 0.575. The van der Waals surface area contributed by atoms with Gasteiger partial charge in [-0.25, -0.2) is 4.98 Å². The maximum Gasteiger partial charge on any atom is 0.418 e. The summed E-state index contributed by atoms with van der Waals surface area (Å²) in [6.07, 6.45) is -4.03. The van der Waals surface area contributed by atoms with Gasteiger partial charge in [-0.1, -0.05) is 30.3 Å². The minimum Gasteiger partial charge on any atom is -0.378 e.